The van der Waals surface area contributed by atoms with Crippen molar-refractivity contribution in [3.63, 3.8) is 0 Å². The lowest BCUT2D eigenvalue weighted by Crippen LogP contribution is -2.24. The van der Waals surface area contributed by atoms with E-state index in [2.05, 4.69) is 20.7 Å². The van der Waals surface area contributed by atoms with Gasteiger partial charge >= 0.3 is 0 Å². The number of nitrogens with one attached hydrogen (secondary N) is 1. The van der Waals surface area contributed by atoms with Crippen molar-refractivity contribution in [2.45, 2.75) is 18.2 Å². The number of halogens is 1. The first kappa shape index (κ1) is 13.4. The highest BCUT2D eigenvalue weighted by Gasteiger charge is 2.15. The van der Waals surface area contributed by atoms with Gasteiger partial charge in [-0.05, 0) is 41.4 Å². The summed E-state index contributed by atoms with van der Waals surface area (Å²) >= 11 is 3.22. The molecule has 0 amide bonds. The van der Waals surface area contributed by atoms with Gasteiger partial charge in [-0.2, -0.15) is 0 Å². The van der Waals surface area contributed by atoms with Crippen LogP contribution in [-0.4, -0.2) is 15.0 Å². The van der Waals surface area contributed by atoms with E-state index in [4.69, 9.17) is 0 Å². The summed E-state index contributed by atoms with van der Waals surface area (Å²) in [6.07, 6.45) is 4.51. The van der Waals surface area contributed by atoms with E-state index in [1.807, 2.05) is 19.1 Å². The molecule has 16 heavy (non-hydrogen) atoms. The number of rotatable bonds is 5. The van der Waals surface area contributed by atoms with E-state index >= 15 is 0 Å². The molecule has 0 fully saturated rings. The van der Waals surface area contributed by atoms with Gasteiger partial charge < -0.3 is 0 Å². The highest BCUT2D eigenvalue weighted by Crippen LogP contribution is 2.20. The Morgan fingerprint density at radius 1 is 1.38 bits per heavy atom. The topological polar surface area (TPSA) is 46.2 Å². The maximum atomic E-state index is 11.9. The summed E-state index contributed by atoms with van der Waals surface area (Å²) in [5.74, 6) is 0. The van der Waals surface area contributed by atoms with Crippen LogP contribution in [-0.2, 0) is 10.0 Å². The van der Waals surface area contributed by atoms with E-state index in [1.165, 1.54) is 0 Å². The molecule has 1 aromatic carbocycles. The summed E-state index contributed by atoms with van der Waals surface area (Å²) < 4.78 is 26.8. The van der Waals surface area contributed by atoms with Crippen molar-refractivity contribution in [2.24, 2.45) is 0 Å². The van der Waals surface area contributed by atoms with Crippen molar-refractivity contribution in [2.75, 3.05) is 6.54 Å². The van der Waals surface area contributed by atoms with Crippen LogP contribution in [0.4, 0.5) is 0 Å². The fourth-order valence-corrected chi connectivity index (χ4v) is 3.23. The zero-order valence-corrected chi connectivity index (χ0v) is 11.4. The highest BCUT2D eigenvalue weighted by atomic mass is 79.9. The largest absolute Gasteiger partial charge is 0.241 e. The lowest BCUT2D eigenvalue weighted by molar-refractivity contribution is 0.581. The minimum atomic E-state index is -3.40. The van der Waals surface area contributed by atoms with Crippen LogP contribution in [0.5, 0.6) is 0 Å². The van der Waals surface area contributed by atoms with E-state index in [1.54, 1.807) is 24.3 Å². The van der Waals surface area contributed by atoms with Crippen molar-refractivity contribution in [1.29, 1.82) is 0 Å². The predicted octanol–water partition coefficient (Wildman–Crippen LogP) is 2.69. The van der Waals surface area contributed by atoms with Gasteiger partial charge in [0.05, 0.1) is 4.90 Å². The third-order valence-electron chi connectivity index (χ3n) is 1.96. The van der Waals surface area contributed by atoms with E-state index in [9.17, 15) is 8.42 Å². The number of benzene rings is 1. The molecule has 0 aliphatic heterocycles. The van der Waals surface area contributed by atoms with Crippen LogP contribution in [0.15, 0.2) is 45.8 Å². The molecule has 0 unspecified atom stereocenters. The molecular weight excluding hydrogens is 290 g/mol. The second-order valence-electron chi connectivity index (χ2n) is 3.19. The number of hydrogen-bond donors (Lipinski definition) is 1. The van der Waals surface area contributed by atoms with Crippen molar-refractivity contribution in [3.05, 3.63) is 40.9 Å². The SMILES string of the molecule is C/C=C/CCNS(=O)(=O)c1ccccc1Br. The van der Waals surface area contributed by atoms with Gasteiger partial charge in [0.25, 0.3) is 0 Å². The first-order valence-corrected chi connectivity index (χ1v) is 7.21. The molecule has 0 bridgehead atoms. The first-order valence-electron chi connectivity index (χ1n) is 4.93. The van der Waals surface area contributed by atoms with Crippen LogP contribution in [0, 0.1) is 0 Å². The van der Waals surface area contributed by atoms with Crippen molar-refractivity contribution in [1.82, 2.24) is 4.72 Å². The molecule has 1 rings (SSSR count). The molecule has 0 aliphatic carbocycles. The van der Waals surface area contributed by atoms with Gasteiger partial charge in [0.1, 0.15) is 0 Å². The normalized spacial score (nSPS) is 12.1. The first-order chi connectivity index (χ1) is 7.58. The summed E-state index contributed by atoms with van der Waals surface area (Å²) in [6.45, 7) is 2.32. The van der Waals surface area contributed by atoms with E-state index < -0.39 is 10.0 Å². The molecule has 0 saturated carbocycles. The number of allylic oxidation sites excluding steroid dienone is 1. The standard InChI is InChI=1S/C11H14BrNO2S/c1-2-3-6-9-13-16(14,15)11-8-5-4-7-10(11)12/h2-5,7-8,13H,6,9H2,1H3/b3-2+. The molecule has 0 aromatic heterocycles. The summed E-state index contributed by atoms with van der Waals surface area (Å²) in [6, 6.07) is 6.76. The zero-order valence-electron chi connectivity index (χ0n) is 8.98. The van der Waals surface area contributed by atoms with Crippen molar-refractivity contribution < 1.29 is 8.42 Å². The monoisotopic (exact) mass is 303 g/mol. The molecular formula is C11H14BrNO2S. The fourth-order valence-electron chi connectivity index (χ4n) is 1.18. The molecule has 0 aliphatic rings. The van der Waals surface area contributed by atoms with Gasteiger partial charge in [0, 0.05) is 11.0 Å². The second-order valence-corrected chi connectivity index (χ2v) is 5.78. The van der Waals surface area contributed by atoms with Gasteiger partial charge in [-0.15, -0.1) is 0 Å². The lowest BCUT2D eigenvalue weighted by atomic mass is 10.4. The predicted molar refractivity (Wildman–Crippen MR) is 68.8 cm³/mol. The summed E-state index contributed by atoms with van der Waals surface area (Å²) in [4.78, 5) is 0.274. The van der Waals surface area contributed by atoms with Crippen LogP contribution in [0.2, 0.25) is 0 Å². The Bertz CT molecular complexity index is 469. The van der Waals surface area contributed by atoms with Gasteiger partial charge in [0.2, 0.25) is 10.0 Å². The Labute approximate surface area is 105 Å². The second kappa shape index (κ2) is 6.18. The van der Waals surface area contributed by atoms with Crippen LogP contribution >= 0.6 is 15.9 Å². The molecule has 0 heterocycles. The Kier molecular flexibility index (Phi) is 5.18. The molecule has 3 nitrogen and oxygen atoms in total. The fraction of sp³-hybridized carbons (Fsp3) is 0.273. The smallest absolute Gasteiger partial charge is 0.211 e. The summed E-state index contributed by atoms with van der Waals surface area (Å²) in [7, 11) is -3.40. The Morgan fingerprint density at radius 2 is 2.06 bits per heavy atom. The number of hydrogen-bond acceptors (Lipinski definition) is 2. The Hall–Kier alpha value is -0.650. The summed E-state index contributed by atoms with van der Waals surface area (Å²) in [5, 5.41) is 0. The van der Waals surface area contributed by atoms with Gasteiger partial charge in [-0.25, -0.2) is 13.1 Å². The minimum Gasteiger partial charge on any atom is -0.211 e. The molecule has 0 radical (unpaired) electrons. The average molecular weight is 304 g/mol. The maximum Gasteiger partial charge on any atom is 0.241 e. The van der Waals surface area contributed by atoms with Crippen LogP contribution in [0.1, 0.15) is 13.3 Å². The lowest BCUT2D eigenvalue weighted by Gasteiger charge is -2.06. The quantitative estimate of drug-likeness (QED) is 0.671. The molecule has 0 atom stereocenters. The van der Waals surface area contributed by atoms with E-state index in [-0.39, 0.29) is 4.90 Å². The third-order valence-corrected chi connectivity index (χ3v) is 4.44. The van der Waals surface area contributed by atoms with E-state index in [0.29, 0.717) is 17.4 Å². The molecule has 5 heteroatoms. The summed E-state index contributed by atoms with van der Waals surface area (Å²) in [5.41, 5.74) is 0. The van der Waals surface area contributed by atoms with Gasteiger partial charge in [-0.1, -0.05) is 24.3 Å². The minimum absolute atomic E-state index is 0.274. The van der Waals surface area contributed by atoms with Crippen molar-refractivity contribution in [3.8, 4) is 0 Å². The van der Waals surface area contributed by atoms with Crippen LogP contribution in [0.25, 0.3) is 0 Å². The third kappa shape index (κ3) is 3.73. The molecule has 1 aromatic rings. The molecule has 1 N–H and O–H groups in total. The van der Waals surface area contributed by atoms with Gasteiger partial charge in [0.15, 0.2) is 0 Å². The van der Waals surface area contributed by atoms with Crippen molar-refractivity contribution >= 4 is 26.0 Å². The number of sulfonamides is 1. The average Bonchev–Trinajstić information content (AvgIpc) is 2.25. The molecule has 0 spiro atoms. The Morgan fingerprint density at radius 3 is 2.69 bits per heavy atom. The van der Waals surface area contributed by atoms with Crippen LogP contribution < -0.4 is 4.72 Å². The molecule has 88 valence electrons. The maximum absolute atomic E-state index is 11.9. The zero-order chi connectivity index (χ0) is 12.0. The van der Waals surface area contributed by atoms with Crippen LogP contribution in [0.3, 0.4) is 0 Å². The highest BCUT2D eigenvalue weighted by molar-refractivity contribution is 9.10. The molecule has 0 saturated heterocycles. The van der Waals surface area contributed by atoms with E-state index in [0.717, 1.165) is 0 Å². The van der Waals surface area contributed by atoms with Gasteiger partial charge in [-0.3, -0.25) is 0 Å². The Balaban J connectivity index is 2.75.